The third-order valence-electron chi connectivity index (χ3n) is 5.55. The van der Waals surface area contributed by atoms with Crippen LogP contribution in [0.5, 0.6) is 0 Å². The summed E-state index contributed by atoms with van der Waals surface area (Å²) in [5, 5.41) is 1.18. The van der Waals surface area contributed by atoms with Crippen LogP contribution in [-0.2, 0) is 6.37 Å². The first-order valence-corrected chi connectivity index (χ1v) is 12.3. The molecule has 120 valence electrons. The van der Waals surface area contributed by atoms with Crippen LogP contribution >= 0.6 is 0 Å². The molecule has 3 aliphatic carbocycles. The van der Waals surface area contributed by atoms with Gasteiger partial charge in [-0.25, -0.2) is 0 Å². The monoisotopic (exact) mass is 323 g/mol. The van der Waals surface area contributed by atoms with Gasteiger partial charge in [-0.05, 0) is 60.2 Å². The van der Waals surface area contributed by atoms with Crippen molar-refractivity contribution in [3.05, 3.63) is 48.2 Å². The lowest BCUT2D eigenvalue weighted by atomic mass is 9.81. The molecular weight excluding hydrogens is 294 g/mol. The third-order valence-corrected chi connectivity index (χ3v) is 7.57. The summed E-state index contributed by atoms with van der Waals surface area (Å²) in [7, 11) is -1.67. The van der Waals surface area contributed by atoms with Crippen molar-refractivity contribution in [1.82, 2.24) is 4.98 Å². The van der Waals surface area contributed by atoms with Crippen molar-refractivity contribution < 1.29 is 2.74 Å². The molecule has 3 fully saturated rings. The second-order valence-electron chi connectivity index (χ2n) is 8.32. The van der Waals surface area contributed by atoms with Crippen LogP contribution in [0.3, 0.4) is 0 Å². The van der Waals surface area contributed by atoms with E-state index in [2.05, 4.69) is 37.8 Å². The molecule has 0 radical (unpaired) electrons. The Morgan fingerprint density at radius 1 is 1.13 bits per heavy atom. The van der Waals surface area contributed by atoms with E-state index >= 15 is 0 Å². The van der Waals surface area contributed by atoms with Crippen molar-refractivity contribution in [2.45, 2.75) is 45.3 Å². The second-order valence-corrected chi connectivity index (χ2v) is 13.4. The quantitative estimate of drug-likeness (QED) is 0.731. The molecule has 1 heterocycles. The maximum atomic E-state index is 9.06. The third kappa shape index (κ3) is 2.89. The molecule has 0 N–H and O–H groups in total. The van der Waals surface area contributed by atoms with Crippen LogP contribution in [0.15, 0.2) is 42.6 Å². The highest BCUT2D eigenvalue weighted by Crippen LogP contribution is 2.53. The van der Waals surface area contributed by atoms with Crippen molar-refractivity contribution in [3.63, 3.8) is 0 Å². The Morgan fingerprint density at radius 2 is 1.87 bits per heavy atom. The lowest BCUT2D eigenvalue weighted by Gasteiger charge is -2.26. The Kier molecular flexibility index (Phi) is 3.15. The molecule has 2 bridgehead atoms. The number of rotatable bonds is 4. The van der Waals surface area contributed by atoms with E-state index in [1.165, 1.54) is 18.0 Å². The van der Waals surface area contributed by atoms with Crippen LogP contribution in [0.4, 0.5) is 0 Å². The van der Waals surface area contributed by atoms with Gasteiger partial charge in [0.15, 0.2) is 0 Å². The highest BCUT2D eigenvalue weighted by atomic mass is 28.3. The van der Waals surface area contributed by atoms with Crippen LogP contribution in [0.2, 0.25) is 19.6 Å². The Labute approximate surface area is 144 Å². The Balaban J connectivity index is 1.83. The summed E-state index contributed by atoms with van der Waals surface area (Å²) < 4.78 is 18.1. The van der Waals surface area contributed by atoms with E-state index in [0.717, 1.165) is 29.2 Å². The van der Waals surface area contributed by atoms with Gasteiger partial charge in [0.25, 0.3) is 0 Å². The van der Waals surface area contributed by atoms with Gasteiger partial charge in [0.1, 0.15) is 0 Å². The smallest absolute Gasteiger partial charge is 0.0799 e. The molecule has 0 aliphatic heterocycles. The number of aromatic nitrogens is 1. The molecule has 2 heteroatoms. The maximum Gasteiger partial charge on any atom is 0.0799 e. The molecule has 1 unspecified atom stereocenters. The molecule has 5 rings (SSSR count). The molecule has 0 saturated heterocycles. The minimum absolute atomic E-state index is 0.179. The van der Waals surface area contributed by atoms with Gasteiger partial charge >= 0.3 is 0 Å². The Bertz CT molecular complexity index is 776. The molecule has 1 atom stereocenters. The summed E-state index contributed by atoms with van der Waals surface area (Å²) in [6, 6.07) is 12.2. The van der Waals surface area contributed by atoms with Crippen LogP contribution in [0.25, 0.3) is 11.3 Å². The lowest BCUT2D eigenvalue weighted by Crippen LogP contribution is -2.41. The molecule has 23 heavy (non-hydrogen) atoms. The molecule has 1 nitrogen and oxygen atoms in total. The van der Waals surface area contributed by atoms with Gasteiger partial charge in [0.2, 0.25) is 0 Å². The number of fused-ring (bicyclic) bond motifs is 1. The fourth-order valence-corrected chi connectivity index (χ4v) is 5.58. The van der Waals surface area contributed by atoms with Crippen LogP contribution < -0.4 is 5.19 Å². The van der Waals surface area contributed by atoms with Crippen LogP contribution in [0.1, 0.15) is 27.6 Å². The van der Waals surface area contributed by atoms with E-state index in [1.807, 2.05) is 24.4 Å². The van der Waals surface area contributed by atoms with Crippen molar-refractivity contribution in [2.75, 3.05) is 0 Å². The van der Waals surface area contributed by atoms with Crippen molar-refractivity contribution in [1.29, 1.82) is 0 Å². The Morgan fingerprint density at radius 3 is 2.48 bits per heavy atom. The fraction of sp³-hybridized carbons (Fsp3) is 0.476. The summed E-state index contributed by atoms with van der Waals surface area (Å²) >= 11 is 0. The van der Waals surface area contributed by atoms with Crippen molar-refractivity contribution in [2.24, 2.45) is 17.8 Å². The topological polar surface area (TPSA) is 12.9 Å². The van der Waals surface area contributed by atoms with E-state index in [4.69, 9.17) is 7.73 Å². The van der Waals surface area contributed by atoms with Crippen LogP contribution in [-0.4, -0.2) is 13.1 Å². The fourth-order valence-electron chi connectivity index (χ4n) is 4.18. The Hall–Kier alpha value is -1.41. The summed E-state index contributed by atoms with van der Waals surface area (Å²) in [6.45, 7) is 6.88. The summed E-state index contributed by atoms with van der Waals surface area (Å²) in [5.41, 5.74) is 2.88. The van der Waals surface area contributed by atoms with E-state index in [1.54, 1.807) is 0 Å². The molecule has 2 aromatic rings. The van der Waals surface area contributed by atoms with Gasteiger partial charge in [-0.1, -0.05) is 50.0 Å². The number of pyridine rings is 1. The highest BCUT2D eigenvalue weighted by Gasteiger charge is 2.44. The SMILES string of the molecule is [2H]C([2H])(c1cc(-c2ccccc2)ncc1[Si](C)(C)C)C1CC2CC1C2. The van der Waals surface area contributed by atoms with Gasteiger partial charge in [-0.3, -0.25) is 4.98 Å². The standard InChI is InChI=1S/C21H27NSi/c1-23(2,3)21-14-22-20(16-7-5-4-6-8-16)13-19(21)12-18-11-15-9-17(18)10-15/h4-8,13-15,17-18H,9-12H2,1-3H3/i12D2. The lowest BCUT2D eigenvalue weighted by molar-refractivity contribution is 0.274. The summed E-state index contributed by atoms with van der Waals surface area (Å²) in [5.74, 6) is 1.54. The first-order valence-electron chi connectivity index (χ1n) is 9.83. The van der Waals surface area contributed by atoms with Gasteiger partial charge in [0.05, 0.1) is 13.8 Å². The van der Waals surface area contributed by atoms with E-state index in [0.29, 0.717) is 5.92 Å². The predicted octanol–water partition coefficient (Wildman–Crippen LogP) is 4.88. The van der Waals surface area contributed by atoms with Gasteiger partial charge in [-0.15, -0.1) is 0 Å². The molecule has 3 saturated carbocycles. The van der Waals surface area contributed by atoms with Gasteiger partial charge in [-0.2, -0.15) is 0 Å². The summed E-state index contributed by atoms with van der Waals surface area (Å²) in [4.78, 5) is 4.71. The van der Waals surface area contributed by atoms with Crippen LogP contribution in [0, 0.1) is 17.8 Å². The van der Waals surface area contributed by atoms with Gasteiger partial charge < -0.3 is 0 Å². The van der Waals surface area contributed by atoms with Crippen molar-refractivity contribution in [3.8, 4) is 11.3 Å². The average Bonchev–Trinajstić information content (AvgIpc) is 3.16. The van der Waals surface area contributed by atoms with E-state index < -0.39 is 14.4 Å². The van der Waals surface area contributed by atoms with Gasteiger partial charge in [0, 0.05) is 14.5 Å². The first-order chi connectivity index (χ1) is 11.8. The number of benzene rings is 1. The highest BCUT2D eigenvalue weighted by molar-refractivity contribution is 6.89. The molecule has 0 spiro atoms. The predicted molar refractivity (Wildman–Crippen MR) is 101 cm³/mol. The normalized spacial score (nSPS) is 28.0. The number of hydrogen-bond donors (Lipinski definition) is 0. The second kappa shape index (κ2) is 5.59. The molecular formula is C21H27NSi. The number of hydrogen-bond acceptors (Lipinski definition) is 1. The zero-order valence-corrected chi connectivity index (χ0v) is 15.3. The zero-order valence-electron chi connectivity index (χ0n) is 16.3. The zero-order chi connectivity index (χ0) is 17.8. The molecule has 3 aliphatic rings. The van der Waals surface area contributed by atoms with E-state index in [9.17, 15) is 0 Å². The molecule has 1 aromatic heterocycles. The molecule has 1 aromatic carbocycles. The number of nitrogens with zero attached hydrogens (tertiary/aromatic N) is 1. The van der Waals surface area contributed by atoms with E-state index in [-0.39, 0.29) is 5.92 Å². The average molecular weight is 324 g/mol. The summed E-state index contributed by atoms with van der Waals surface area (Å²) in [6.07, 6.45) is 4.26. The molecule has 0 amide bonds. The largest absolute Gasteiger partial charge is 0.256 e. The van der Waals surface area contributed by atoms with Crippen molar-refractivity contribution >= 4 is 13.3 Å². The minimum atomic E-state index is -1.67. The first kappa shape index (κ1) is 12.9. The minimum Gasteiger partial charge on any atom is -0.256 e. The maximum absolute atomic E-state index is 9.06.